The molecule has 1 aromatic heterocycles. The molecule has 0 aliphatic carbocycles. The van der Waals surface area contributed by atoms with Gasteiger partial charge in [-0.05, 0) is 36.4 Å². The number of carbonyl (C=O) groups is 1. The molecule has 0 atom stereocenters. The number of nitrogens with one attached hydrogen (secondary N) is 1. The molecule has 1 N–H and O–H groups in total. The van der Waals surface area contributed by atoms with E-state index in [4.69, 9.17) is 0 Å². The van der Waals surface area contributed by atoms with Gasteiger partial charge in [0.15, 0.2) is 5.82 Å². The Morgan fingerprint density at radius 3 is 2.50 bits per heavy atom. The van der Waals surface area contributed by atoms with Gasteiger partial charge in [0, 0.05) is 0 Å². The summed E-state index contributed by atoms with van der Waals surface area (Å²) >= 11 is 0. The average Bonchev–Trinajstić information content (AvgIpc) is 2.71. The molecule has 22 heavy (non-hydrogen) atoms. The van der Waals surface area contributed by atoms with E-state index in [1.54, 1.807) is 0 Å². The van der Waals surface area contributed by atoms with Crippen molar-refractivity contribution >= 4 is 5.91 Å². The fraction of sp³-hybridized carbons (Fsp3) is 0.833. The van der Waals surface area contributed by atoms with Crippen molar-refractivity contribution < 1.29 is 18.0 Å². The summed E-state index contributed by atoms with van der Waals surface area (Å²) in [6, 6.07) is 0. The minimum absolute atomic E-state index is 0.313. The zero-order valence-corrected chi connectivity index (χ0v) is 12.1. The molecule has 2 rings (SSSR count). The molecule has 0 radical (unpaired) electrons. The number of carbonyl (C=O) groups excluding carboxylic acids is 1. The highest BCUT2D eigenvalue weighted by molar-refractivity contribution is 5.75. The van der Waals surface area contributed by atoms with E-state index in [9.17, 15) is 18.0 Å². The van der Waals surface area contributed by atoms with Gasteiger partial charge in [-0.2, -0.15) is 13.2 Å². The molecule has 2 heterocycles. The number of likely N-dealkylation sites (tertiary alicyclic amines) is 1. The summed E-state index contributed by atoms with van der Waals surface area (Å²) in [5.74, 6) is -0.272. The van der Waals surface area contributed by atoms with E-state index in [1.807, 2.05) is 5.32 Å². The van der Waals surface area contributed by atoms with Crippen LogP contribution in [0.1, 0.15) is 31.5 Å². The maximum Gasteiger partial charge on any atom is 0.405 e. The van der Waals surface area contributed by atoms with Gasteiger partial charge in [-0.25, -0.2) is 4.68 Å². The number of rotatable bonds is 5. The predicted octanol–water partition coefficient (Wildman–Crippen LogP) is 0.728. The first-order chi connectivity index (χ1) is 10.4. The molecule has 1 aliphatic rings. The molecule has 1 aliphatic heterocycles. The smallest absolute Gasteiger partial charge is 0.345 e. The number of halogens is 3. The normalized spacial score (nSPS) is 17.2. The number of nitrogens with zero attached hydrogens (tertiary/aromatic N) is 5. The SMILES string of the molecule is O=C(Cn1nnnc1CN1CCCCCC1)NCC(F)(F)F. The van der Waals surface area contributed by atoms with Gasteiger partial charge in [0.25, 0.3) is 0 Å². The first kappa shape index (κ1) is 16.7. The highest BCUT2D eigenvalue weighted by atomic mass is 19.4. The average molecular weight is 320 g/mol. The lowest BCUT2D eigenvalue weighted by molar-refractivity contribution is -0.138. The maximum atomic E-state index is 12.1. The number of aromatic nitrogens is 4. The highest BCUT2D eigenvalue weighted by Gasteiger charge is 2.28. The van der Waals surface area contributed by atoms with Crippen molar-refractivity contribution in [2.75, 3.05) is 19.6 Å². The molecule has 0 aromatic carbocycles. The third kappa shape index (κ3) is 5.58. The molecule has 124 valence electrons. The third-order valence-electron chi connectivity index (χ3n) is 3.45. The lowest BCUT2D eigenvalue weighted by Gasteiger charge is -2.18. The van der Waals surface area contributed by atoms with Gasteiger partial charge in [-0.15, -0.1) is 5.10 Å². The van der Waals surface area contributed by atoms with E-state index < -0.39 is 18.6 Å². The molecule has 1 aromatic rings. The lowest BCUT2D eigenvalue weighted by Crippen LogP contribution is -2.36. The summed E-state index contributed by atoms with van der Waals surface area (Å²) < 4.78 is 37.4. The number of alkyl halides is 3. The van der Waals surface area contributed by atoms with E-state index in [1.165, 1.54) is 17.5 Å². The molecule has 7 nitrogen and oxygen atoms in total. The zero-order valence-electron chi connectivity index (χ0n) is 12.1. The fourth-order valence-electron chi connectivity index (χ4n) is 2.34. The number of tetrazole rings is 1. The summed E-state index contributed by atoms with van der Waals surface area (Å²) in [6.07, 6.45) is 0.176. The Labute approximate surface area is 125 Å². The summed E-state index contributed by atoms with van der Waals surface area (Å²) in [5, 5.41) is 12.9. The molecular formula is C12H19F3N6O. The molecule has 1 saturated heterocycles. The van der Waals surface area contributed by atoms with E-state index in [0.29, 0.717) is 12.4 Å². The Kier molecular flexibility index (Phi) is 5.69. The van der Waals surface area contributed by atoms with Crippen LogP contribution in [0.2, 0.25) is 0 Å². The van der Waals surface area contributed by atoms with E-state index >= 15 is 0 Å². The minimum atomic E-state index is -4.43. The molecule has 1 fully saturated rings. The summed E-state index contributed by atoms with van der Waals surface area (Å²) in [6.45, 7) is 0.710. The Balaban J connectivity index is 1.87. The van der Waals surface area contributed by atoms with Gasteiger partial charge in [0.1, 0.15) is 13.1 Å². The van der Waals surface area contributed by atoms with Crippen LogP contribution in [0.3, 0.4) is 0 Å². The van der Waals surface area contributed by atoms with Gasteiger partial charge < -0.3 is 5.32 Å². The van der Waals surface area contributed by atoms with Gasteiger partial charge in [0.2, 0.25) is 5.91 Å². The highest BCUT2D eigenvalue weighted by Crippen LogP contribution is 2.13. The fourth-order valence-corrected chi connectivity index (χ4v) is 2.34. The first-order valence-corrected chi connectivity index (χ1v) is 7.25. The quantitative estimate of drug-likeness (QED) is 0.865. The van der Waals surface area contributed by atoms with Crippen LogP contribution >= 0.6 is 0 Å². The van der Waals surface area contributed by atoms with Gasteiger partial charge >= 0.3 is 6.18 Å². The van der Waals surface area contributed by atoms with Crippen LogP contribution in [0.4, 0.5) is 13.2 Å². The van der Waals surface area contributed by atoms with Crippen LogP contribution in [0, 0.1) is 0 Å². The Morgan fingerprint density at radius 1 is 1.18 bits per heavy atom. The number of hydrogen-bond acceptors (Lipinski definition) is 5. The van der Waals surface area contributed by atoms with Crippen molar-refractivity contribution in [1.82, 2.24) is 30.4 Å². The molecule has 0 saturated carbocycles. The standard InChI is InChI=1S/C12H19F3N6O/c13-12(14,15)9-16-11(22)8-21-10(17-18-19-21)7-20-5-3-1-2-4-6-20/h1-9H2,(H,16,22). The monoisotopic (exact) mass is 320 g/mol. The van der Waals surface area contributed by atoms with Crippen LogP contribution < -0.4 is 5.32 Å². The molecule has 1 amide bonds. The maximum absolute atomic E-state index is 12.1. The van der Waals surface area contributed by atoms with Crippen molar-refractivity contribution in [2.24, 2.45) is 0 Å². The van der Waals surface area contributed by atoms with Crippen molar-refractivity contribution in [3.8, 4) is 0 Å². The van der Waals surface area contributed by atoms with Gasteiger partial charge in [-0.3, -0.25) is 9.69 Å². The Hall–Kier alpha value is -1.71. The minimum Gasteiger partial charge on any atom is -0.345 e. The third-order valence-corrected chi connectivity index (χ3v) is 3.45. The van der Waals surface area contributed by atoms with Crippen LogP contribution in [0.15, 0.2) is 0 Å². The topological polar surface area (TPSA) is 75.9 Å². The van der Waals surface area contributed by atoms with Crippen molar-refractivity contribution in [3.63, 3.8) is 0 Å². The number of amides is 1. The first-order valence-electron chi connectivity index (χ1n) is 7.25. The largest absolute Gasteiger partial charge is 0.405 e. The predicted molar refractivity (Wildman–Crippen MR) is 70.6 cm³/mol. The molecule has 0 unspecified atom stereocenters. The number of hydrogen-bond donors (Lipinski definition) is 1. The molecular weight excluding hydrogens is 301 g/mol. The van der Waals surface area contributed by atoms with E-state index in [2.05, 4.69) is 20.4 Å². The lowest BCUT2D eigenvalue weighted by atomic mass is 10.2. The van der Waals surface area contributed by atoms with Crippen molar-refractivity contribution in [1.29, 1.82) is 0 Å². The molecule has 0 bridgehead atoms. The molecule has 10 heteroatoms. The van der Waals surface area contributed by atoms with Gasteiger partial charge in [-0.1, -0.05) is 12.8 Å². The summed E-state index contributed by atoms with van der Waals surface area (Å²) in [7, 11) is 0. The second kappa shape index (κ2) is 7.52. The van der Waals surface area contributed by atoms with E-state index in [-0.39, 0.29) is 6.54 Å². The molecule has 0 spiro atoms. The zero-order chi connectivity index (χ0) is 16.0. The summed E-state index contributed by atoms with van der Waals surface area (Å²) in [4.78, 5) is 13.7. The van der Waals surface area contributed by atoms with Crippen molar-refractivity contribution in [3.05, 3.63) is 5.82 Å². The Morgan fingerprint density at radius 2 is 1.86 bits per heavy atom. The second-order valence-electron chi connectivity index (χ2n) is 5.34. The second-order valence-corrected chi connectivity index (χ2v) is 5.34. The van der Waals surface area contributed by atoms with Gasteiger partial charge in [0.05, 0.1) is 6.54 Å². The summed E-state index contributed by atoms with van der Waals surface area (Å²) in [5.41, 5.74) is 0. The van der Waals surface area contributed by atoms with Crippen molar-refractivity contribution in [2.45, 2.75) is 44.9 Å². The van der Waals surface area contributed by atoms with Crippen LogP contribution in [0.25, 0.3) is 0 Å². The van der Waals surface area contributed by atoms with Crippen LogP contribution in [-0.2, 0) is 17.9 Å². The van der Waals surface area contributed by atoms with Crippen LogP contribution in [0.5, 0.6) is 0 Å². The Bertz CT molecular complexity index is 481. The van der Waals surface area contributed by atoms with E-state index in [0.717, 1.165) is 25.9 Å². The van der Waals surface area contributed by atoms with Crippen LogP contribution in [-0.4, -0.2) is 56.8 Å².